The molecular formula is C25H25F3N4O3. The van der Waals surface area contributed by atoms with Crippen LogP contribution >= 0.6 is 0 Å². The second-order valence-electron chi connectivity index (χ2n) is 8.25. The van der Waals surface area contributed by atoms with Crippen molar-refractivity contribution in [2.75, 3.05) is 25.1 Å². The van der Waals surface area contributed by atoms with Crippen LogP contribution in [-0.2, 0) is 10.9 Å². The van der Waals surface area contributed by atoms with E-state index in [1.54, 1.807) is 12.1 Å². The van der Waals surface area contributed by atoms with E-state index in [2.05, 4.69) is 20.5 Å². The van der Waals surface area contributed by atoms with Crippen molar-refractivity contribution in [1.29, 1.82) is 0 Å². The van der Waals surface area contributed by atoms with Crippen LogP contribution in [0.25, 0.3) is 11.3 Å². The summed E-state index contributed by atoms with van der Waals surface area (Å²) in [4.78, 5) is 16.2. The number of carbonyl (C=O) groups is 1. The molecule has 1 saturated heterocycles. The molecule has 0 unspecified atom stereocenters. The molecular weight excluding hydrogens is 461 g/mol. The number of aromatic nitrogens is 3. The first-order valence-electron chi connectivity index (χ1n) is 11.3. The van der Waals surface area contributed by atoms with Gasteiger partial charge in [0.25, 0.3) is 5.91 Å². The van der Waals surface area contributed by atoms with Crippen molar-refractivity contribution in [3.05, 3.63) is 65.0 Å². The topological polar surface area (TPSA) is 86.2 Å². The largest absolute Gasteiger partial charge is 0.477 e. The fourth-order valence-corrected chi connectivity index (χ4v) is 3.97. The van der Waals surface area contributed by atoms with Crippen molar-refractivity contribution in [2.24, 2.45) is 0 Å². The van der Waals surface area contributed by atoms with Gasteiger partial charge in [0.1, 0.15) is 0 Å². The fourth-order valence-electron chi connectivity index (χ4n) is 3.97. The molecule has 2 aromatic heterocycles. The van der Waals surface area contributed by atoms with E-state index in [4.69, 9.17) is 9.47 Å². The number of alkyl halides is 3. The zero-order chi connectivity index (χ0) is 25.0. The van der Waals surface area contributed by atoms with Gasteiger partial charge in [-0.1, -0.05) is 6.07 Å². The highest BCUT2D eigenvalue weighted by Gasteiger charge is 2.31. The molecule has 1 fully saturated rings. The zero-order valence-electron chi connectivity index (χ0n) is 19.4. The Bertz CT molecular complexity index is 1210. The Morgan fingerprint density at radius 1 is 1.14 bits per heavy atom. The van der Waals surface area contributed by atoms with Crippen LogP contribution in [0.5, 0.6) is 5.88 Å². The molecule has 3 aromatic rings. The highest BCUT2D eigenvalue weighted by Crippen LogP contribution is 2.35. The number of ether oxygens (including phenoxy) is 2. The molecule has 1 aromatic carbocycles. The SMILES string of the molecule is CCOc1nnc(-c2cc(NC(=O)c3cncc(C(F)(F)F)c3)ccc2C)cc1C1CCOCC1. The maximum Gasteiger partial charge on any atom is 0.417 e. The quantitative estimate of drug-likeness (QED) is 0.501. The third-order valence-corrected chi connectivity index (χ3v) is 5.83. The lowest BCUT2D eigenvalue weighted by Crippen LogP contribution is -2.16. The Balaban J connectivity index is 1.63. The predicted molar refractivity (Wildman–Crippen MR) is 123 cm³/mol. The summed E-state index contributed by atoms with van der Waals surface area (Å²) >= 11 is 0. The van der Waals surface area contributed by atoms with Gasteiger partial charge in [-0.3, -0.25) is 9.78 Å². The first-order chi connectivity index (χ1) is 16.8. The number of hydrogen-bond acceptors (Lipinski definition) is 6. The highest BCUT2D eigenvalue weighted by molar-refractivity contribution is 6.04. The van der Waals surface area contributed by atoms with Gasteiger partial charge in [0.05, 0.1) is 23.4 Å². The summed E-state index contributed by atoms with van der Waals surface area (Å²) in [6.45, 7) is 5.59. The van der Waals surface area contributed by atoms with Crippen LogP contribution in [0.1, 0.15) is 52.7 Å². The van der Waals surface area contributed by atoms with E-state index in [1.807, 2.05) is 26.0 Å². The number of anilines is 1. The average Bonchev–Trinajstić information content (AvgIpc) is 2.86. The van der Waals surface area contributed by atoms with E-state index >= 15 is 0 Å². The van der Waals surface area contributed by atoms with Gasteiger partial charge in [-0.05, 0) is 62.4 Å². The van der Waals surface area contributed by atoms with E-state index in [-0.39, 0.29) is 11.5 Å². The van der Waals surface area contributed by atoms with Crippen LogP contribution in [0.2, 0.25) is 0 Å². The number of amides is 1. The third kappa shape index (κ3) is 5.76. The second kappa shape index (κ2) is 10.4. The number of halogens is 3. The lowest BCUT2D eigenvalue weighted by atomic mass is 9.91. The number of carbonyl (C=O) groups excluding carboxylic acids is 1. The first-order valence-corrected chi connectivity index (χ1v) is 11.3. The maximum absolute atomic E-state index is 13.0. The Kier molecular flexibility index (Phi) is 7.30. The highest BCUT2D eigenvalue weighted by atomic mass is 19.4. The summed E-state index contributed by atoms with van der Waals surface area (Å²) in [7, 11) is 0. The summed E-state index contributed by atoms with van der Waals surface area (Å²) in [5.74, 6) is 0.0394. The molecule has 3 heterocycles. The number of rotatable bonds is 6. The molecule has 0 atom stereocenters. The van der Waals surface area contributed by atoms with E-state index in [9.17, 15) is 18.0 Å². The number of aryl methyl sites for hydroxylation is 1. The first kappa shape index (κ1) is 24.6. The standard InChI is InChI=1S/C25H25F3N4O3/c1-3-35-24-21(16-6-8-34-9-7-16)12-22(31-32-24)20-11-19(5-4-15(20)2)30-23(33)17-10-18(14-29-13-17)25(26,27)28/h4-5,10-14,16H,3,6-9H2,1-2H3,(H,30,33). The van der Waals surface area contributed by atoms with E-state index in [0.29, 0.717) is 43.3 Å². The van der Waals surface area contributed by atoms with Gasteiger partial charge < -0.3 is 14.8 Å². The van der Waals surface area contributed by atoms with Gasteiger partial charge in [0.15, 0.2) is 0 Å². The van der Waals surface area contributed by atoms with Crippen LogP contribution < -0.4 is 10.1 Å². The van der Waals surface area contributed by atoms with Crippen molar-refractivity contribution >= 4 is 11.6 Å². The minimum Gasteiger partial charge on any atom is -0.477 e. The number of nitrogens with zero attached hydrogens (tertiary/aromatic N) is 3. The predicted octanol–water partition coefficient (Wildman–Crippen LogP) is 5.41. The van der Waals surface area contributed by atoms with E-state index in [1.165, 1.54) is 0 Å². The molecule has 1 aliphatic heterocycles. The molecule has 1 amide bonds. The molecule has 7 nitrogen and oxygen atoms in total. The normalized spacial score (nSPS) is 14.5. The molecule has 4 rings (SSSR count). The fraction of sp³-hybridized carbons (Fsp3) is 0.360. The minimum absolute atomic E-state index is 0.190. The minimum atomic E-state index is -4.59. The average molecular weight is 486 g/mol. The maximum atomic E-state index is 13.0. The van der Waals surface area contributed by atoms with Crippen molar-refractivity contribution < 1.29 is 27.4 Å². The number of hydrogen-bond donors (Lipinski definition) is 1. The summed E-state index contributed by atoms with van der Waals surface area (Å²) in [6.07, 6.45) is -1.11. The summed E-state index contributed by atoms with van der Waals surface area (Å²) in [5.41, 5.74) is 2.46. The molecule has 1 aliphatic rings. The second-order valence-corrected chi connectivity index (χ2v) is 8.25. The van der Waals surface area contributed by atoms with Crippen molar-refractivity contribution in [3.63, 3.8) is 0 Å². The van der Waals surface area contributed by atoms with Gasteiger partial charge in [0, 0.05) is 42.4 Å². The lowest BCUT2D eigenvalue weighted by Gasteiger charge is -2.24. The number of benzene rings is 1. The number of nitrogens with one attached hydrogen (secondary N) is 1. The monoisotopic (exact) mass is 486 g/mol. The van der Waals surface area contributed by atoms with Crippen molar-refractivity contribution in [3.8, 4) is 17.1 Å². The molecule has 35 heavy (non-hydrogen) atoms. The Morgan fingerprint density at radius 2 is 1.91 bits per heavy atom. The van der Waals surface area contributed by atoms with Gasteiger partial charge in [-0.25, -0.2) is 0 Å². The van der Waals surface area contributed by atoms with Gasteiger partial charge in [0.2, 0.25) is 5.88 Å². The summed E-state index contributed by atoms with van der Waals surface area (Å²) in [5, 5.41) is 11.3. The van der Waals surface area contributed by atoms with Gasteiger partial charge in [-0.2, -0.15) is 13.2 Å². The smallest absolute Gasteiger partial charge is 0.417 e. The van der Waals surface area contributed by atoms with Crippen LogP contribution in [0.15, 0.2) is 42.7 Å². The van der Waals surface area contributed by atoms with E-state index < -0.39 is 17.6 Å². The van der Waals surface area contributed by atoms with Crippen LogP contribution in [0.4, 0.5) is 18.9 Å². The van der Waals surface area contributed by atoms with Crippen LogP contribution in [0.3, 0.4) is 0 Å². The van der Waals surface area contributed by atoms with Crippen LogP contribution in [-0.4, -0.2) is 40.9 Å². The van der Waals surface area contributed by atoms with Crippen molar-refractivity contribution in [1.82, 2.24) is 15.2 Å². The summed E-state index contributed by atoms with van der Waals surface area (Å²) < 4.78 is 50.2. The Hall–Kier alpha value is -3.53. The van der Waals surface area contributed by atoms with E-state index in [0.717, 1.165) is 41.8 Å². The zero-order valence-corrected chi connectivity index (χ0v) is 19.4. The Labute approximate surface area is 200 Å². The third-order valence-electron chi connectivity index (χ3n) is 5.83. The molecule has 1 N–H and O–H groups in total. The molecule has 10 heteroatoms. The van der Waals surface area contributed by atoms with Gasteiger partial charge >= 0.3 is 6.18 Å². The Morgan fingerprint density at radius 3 is 2.63 bits per heavy atom. The van der Waals surface area contributed by atoms with Gasteiger partial charge in [-0.15, -0.1) is 10.2 Å². The lowest BCUT2D eigenvalue weighted by molar-refractivity contribution is -0.137. The summed E-state index contributed by atoms with van der Waals surface area (Å²) in [6, 6.07) is 7.95. The molecule has 0 saturated carbocycles. The molecule has 0 radical (unpaired) electrons. The number of pyridine rings is 1. The molecule has 184 valence electrons. The van der Waals surface area contributed by atoms with Crippen molar-refractivity contribution in [2.45, 2.75) is 38.8 Å². The van der Waals surface area contributed by atoms with Crippen LogP contribution in [0, 0.1) is 6.92 Å². The molecule has 0 aliphatic carbocycles. The molecule has 0 bridgehead atoms. The molecule has 0 spiro atoms.